The first kappa shape index (κ1) is 27.3. The van der Waals surface area contributed by atoms with Crippen molar-refractivity contribution in [2.24, 2.45) is 5.10 Å². The molecule has 196 valence electrons. The predicted octanol–water partition coefficient (Wildman–Crippen LogP) is 5.90. The number of carbonyl (C=O) groups is 1. The molecule has 0 spiro atoms. The third-order valence-corrected chi connectivity index (χ3v) is 7.80. The van der Waals surface area contributed by atoms with Crippen molar-refractivity contribution in [2.45, 2.75) is 27.3 Å². The number of aryl methyl sites for hydroxylation is 2. The third kappa shape index (κ3) is 6.41. The molecule has 0 aliphatic carbocycles. The molecular formula is C29H29BrN4O3S. The Morgan fingerprint density at radius 1 is 1.00 bits per heavy atom. The van der Waals surface area contributed by atoms with Crippen LogP contribution in [0.5, 0.6) is 0 Å². The maximum atomic E-state index is 12.7. The van der Waals surface area contributed by atoms with Gasteiger partial charge in [-0.2, -0.15) is 5.10 Å². The van der Waals surface area contributed by atoms with Gasteiger partial charge in [-0.05, 0) is 74.9 Å². The first-order valence-electron chi connectivity index (χ1n) is 11.9. The summed E-state index contributed by atoms with van der Waals surface area (Å²) >= 11 is 3.51. The van der Waals surface area contributed by atoms with E-state index < -0.39 is 15.9 Å². The molecule has 3 aromatic carbocycles. The average Bonchev–Trinajstić information content (AvgIpc) is 3.15. The van der Waals surface area contributed by atoms with E-state index in [9.17, 15) is 13.2 Å². The summed E-state index contributed by atoms with van der Waals surface area (Å²) in [4.78, 5) is 12.7. The van der Waals surface area contributed by atoms with Crippen molar-refractivity contribution in [1.82, 2.24) is 9.99 Å². The normalized spacial score (nSPS) is 11.6. The fourth-order valence-electron chi connectivity index (χ4n) is 4.19. The van der Waals surface area contributed by atoms with Crippen LogP contribution in [0.15, 0.2) is 88.4 Å². The molecule has 1 heterocycles. The van der Waals surface area contributed by atoms with Crippen LogP contribution < -0.4 is 9.73 Å². The number of halogens is 1. The molecule has 9 heteroatoms. The Morgan fingerprint density at radius 3 is 2.32 bits per heavy atom. The monoisotopic (exact) mass is 592 g/mol. The summed E-state index contributed by atoms with van der Waals surface area (Å²) in [6.45, 7) is 6.20. The van der Waals surface area contributed by atoms with Crippen molar-refractivity contribution in [3.8, 4) is 5.69 Å². The number of carbonyl (C=O) groups excluding carboxylic acids is 1. The van der Waals surface area contributed by atoms with Gasteiger partial charge in [-0.1, -0.05) is 51.8 Å². The van der Waals surface area contributed by atoms with E-state index in [0.717, 1.165) is 38.2 Å². The highest BCUT2D eigenvalue weighted by atomic mass is 79.9. The minimum atomic E-state index is -3.53. The number of nitrogens with zero attached hydrogens (tertiary/aromatic N) is 3. The number of sulfonamides is 1. The van der Waals surface area contributed by atoms with Crippen molar-refractivity contribution in [1.29, 1.82) is 0 Å². The zero-order valence-corrected chi connectivity index (χ0v) is 24.0. The average molecular weight is 594 g/mol. The van der Waals surface area contributed by atoms with E-state index in [2.05, 4.69) is 31.0 Å². The second-order valence-corrected chi connectivity index (χ2v) is 12.0. The molecule has 0 unspecified atom stereocenters. The first-order valence-corrected chi connectivity index (χ1v) is 14.6. The van der Waals surface area contributed by atoms with Gasteiger partial charge in [-0.3, -0.25) is 9.10 Å². The molecule has 1 aromatic heterocycles. The van der Waals surface area contributed by atoms with E-state index in [1.165, 1.54) is 10.6 Å². The molecule has 0 atom stereocenters. The van der Waals surface area contributed by atoms with Gasteiger partial charge >= 0.3 is 0 Å². The van der Waals surface area contributed by atoms with E-state index >= 15 is 0 Å². The van der Waals surface area contributed by atoms with E-state index in [1.807, 2.05) is 75.4 Å². The van der Waals surface area contributed by atoms with E-state index in [4.69, 9.17) is 0 Å². The zero-order chi connectivity index (χ0) is 27.4. The van der Waals surface area contributed by atoms with Gasteiger partial charge in [0.25, 0.3) is 5.91 Å². The van der Waals surface area contributed by atoms with E-state index in [0.29, 0.717) is 11.3 Å². The molecule has 0 aliphatic heterocycles. The lowest BCUT2D eigenvalue weighted by Gasteiger charge is -2.22. The molecule has 0 aliphatic rings. The van der Waals surface area contributed by atoms with Crippen LogP contribution >= 0.6 is 15.9 Å². The Bertz CT molecular complexity index is 1590. The molecule has 4 rings (SSSR count). The topological polar surface area (TPSA) is 83.8 Å². The molecule has 4 aromatic rings. The number of benzene rings is 3. The molecule has 38 heavy (non-hydrogen) atoms. The van der Waals surface area contributed by atoms with Gasteiger partial charge in [0, 0.05) is 32.7 Å². The van der Waals surface area contributed by atoms with Gasteiger partial charge in [-0.25, -0.2) is 13.8 Å². The van der Waals surface area contributed by atoms with Crippen LogP contribution in [0.2, 0.25) is 0 Å². The largest absolute Gasteiger partial charge is 0.318 e. The highest BCUT2D eigenvalue weighted by molar-refractivity contribution is 9.10. The molecule has 1 N–H and O–H groups in total. The van der Waals surface area contributed by atoms with Crippen LogP contribution in [-0.4, -0.2) is 31.4 Å². The highest BCUT2D eigenvalue weighted by Gasteiger charge is 2.18. The lowest BCUT2D eigenvalue weighted by Crippen LogP contribution is -2.29. The molecule has 0 fully saturated rings. The van der Waals surface area contributed by atoms with Crippen molar-refractivity contribution in [3.63, 3.8) is 0 Å². The van der Waals surface area contributed by atoms with Crippen LogP contribution in [0.3, 0.4) is 0 Å². The lowest BCUT2D eigenvalue weighted by atomic mass is 10.1. The summed E-state index contributed by atoms with van der Waals surface area (Å²) < 4.78 is 29.4. The minimum absolute atomic E-state index is 0.202. The van der Waals surface area contributed by atoms with Crippen LogP contribution in [0.1, 0.15) is 38.4 Å². The number of hydrazone groups is 1. The number of hydrogen-bond donors (Lipinski definition) is 1. The summed E-state index contributed by atoms with van der Waals surface area (Å²) in [5, 5.41) is 4.15. The molecule has 0 saturated heterocycles. The fraction of sp³-hybridized carbons (Fsp3) is 0.172. The van der Waals surface area contributed by atoms with Gasteiger partial charge < -0.3 is 4.57 Å². The van der Waals surface area contributed by atoms with Gasteiger partial charge in [-0.15, -0.1) is 0 Å². The van der Waals surface area contributed by atoms with Gasteiger partial charge in [0.1, 0.15) is 0 Å². The van der Waals surface area contributed by atoms with E-state index in [1.54, 1.807) is 30.5 Å². The number of hydrogen-bond acceptors (Lipinski definition) is 4. The van der Waals surface area contributed by atoms with Crippen LogP contribution in [0.25, 0.3) is 5.69 Å². The van der Waals surface area contributed by atoms with Gasteiger partial charge in [0.15, 0.2) is 0 Å². The van der Waals surface area contributed by atoms with Crippen molar-refractivity contribution in [2.75, 3.05) is 10.6 Å². The van der Waals surface area contributed by atoms with Gasteiger partial charge in [0.2, 0.25) is 10.0 Å². The first-order chi connectivity index (χ1) is 18.0. The maximum Gasteiger partial charge on any atom is 0.271 e. The predicted molar refractivity (Wildman–Crippen MR) is 157 cm³/mol. The minimum Gasteiger partial charge on any atom is -0.318 e. The van der Waals surface area contributed by atoms with E-state index in [-0.39, 0.29) is 6.54 Å². The SMILES string of the molecule is Cc1ccc(CN(c2ccc(C(=O)N/N=C\c3cc(C)n(-c4cccc(Br)c4)c3C)cc2)S(C)(=O)=O)cc1. The molecule has 7 nitrogen and oxygen atoms in total. The van der Waals surface area contributed by atoms with Crippen molar-refractivity contribution >= 4 is 43.8 Å². The summed E-state index contributed by atoms with van der Waals surface area (Å²) in [5.74, 6) is -0.391. The van der Waals surface area contributed by atoms with Crippen molar-refractivity contribution < 1.29 is 13.2 Å². The second kappa shape index (κ2) is 11.4. The Kier molecular flexibility index (Phi) is 8.18. The zero-order valence-electron chi connectivity index (χ0n) is 21.6. The molecule has 1 amide bonds. The standard InChI is InChI=1S/C29H29BrN4O3S/c1-20-8-10-23(11-9-20)19-33(38(4,36)37)27-14-12-24(13-15-27)29(35)32-31-18-25-16-21(2)34(22(25)3)28-7-5-6-26(30)17-28/h5-18H,19H2,1-4H3,(H,32,35)/b31-18-. The van der Waals surface area contributed by atoms with Crippen LogP contribution in [-0.2, 0) is 16.6 Å². The summed E-state index contributed by atoms with van der Waals surface area (Å²) in [6.07, 6.45) is 2.79. The Balaban J connectivity index is 1.46. The summed E-state index contributed by atoms with van der Waals surface area (Å²) in [6, 6.07) is 24.2. The van der Waals surface area contributed by atoms with Crippen LogP contribution in [0, 0.1) is 20.8 Å². The number of rotatable bonds is 8. The number of amides is 1. The maximum absolute atomic E-state index is 12.7. The van der Waals surface area contributed by atoms with Crippen LogP contribution in [0.4, 0.5) is 5.69 Å². The highest BCUT2D eigenvalue weighted by Crippen LogP contribution is 2.23. The third-order valence-electron chi connectivity index (χ3n) is 6.17. The molecular weight excluding hydrogens is 564 g/mol. The summed E-state index contributed by atoms with van der Waals surface area (Å²) in [5.41, 5.74) is 9.34. The Labute approximate surface area is 232 Å². The fourth-order valence-corrected chi connectivity index (χ4v) is 5.47. The van der Waals surface area contributed by atoms with Gasteiger partial charge in [0.05, 0.1) is 24.7 Å². The quantitative estimate of drug-likeness (QED) is 0.204. The molecule has 0 saturated carbocycles. The Hall–Kier alpha value is -3.69. The Morgan fingerprint density at radius 2 is 1.68 bits per heavy atom. The second-order valence-electron chi connectivity index (χ2n) is 9.14. The molecule has 0 bridgehead atoms. The summed E-state index contributed by atoms with van der Waals surface area (Å²) in [7, 11) is -3.53. The number of anilines is 1. The molecule has 0 radical (unpaired) electrons. The smallest absolute Gasteiger partial charge is 0.271 e. The lowest BCUT2D eigenvalue weighted by molar-refractivity contribution is 0.0955. The number of nitrogens with one attached hydrogen (secondary N) is 1. The van der Waals surface area contributed by atoms with Crippen molar-refractivity contribution in [3.05, 3.63) is 117 Å². The number of aromatic nitrogens is 1.